The summed E-state index contributed by atoms with van der Waals surface area (Å²) < 4.78 is 0. The summed E-state index contributed by atoms with van der Waals surface area (Å²) in [4.78, 5) is 27.5. The molecule has 112 valence electrons. The van der Waals surface area contributed by atoms with Gasteiger partial charge in [0.2, 0.25) is 11.8 Å². The number of amides is 2. The van der Waals surface area contributed by atoms with Gasteiger partial charge in [0.05, 0.1) is 10.9 Å². The molecule has 21 heavy (non-hydrogen) atoms. The van der Waals surface area contributed by atoms with Crippen LogP contribution in [0.2, 0.25) is 0 Å². The molecule has 2 atom stereocenters. The van der Waals surface area contributed by atoms with Gasteiger partial charge in [-0.3, -0.25) is 9.59 Å². The van der Waals surface area contributed by atoms with Gasteiger partial charge < -0.3 is 15.5 Å². The molecule has 0 aliphatic carbocycles. The molecule has 0 aromatic heterocycles. The Morgan fingerprint density at radius 3 is 3.05 bits per heavy atom. The molecule has 2 aliphatic heterocycles. The van der Waals surface area contributed by atoms with E-state index in [1.165, 1.54) is 11.8 Å². The number of anilines is 1. The summed E-state index contributed by atoms with van der Waals surface area (Å²) in [5.41, 5.74) is 0.840. The van der Waals surface area contributed by atoms with Crippen LogP contribution in [0.3, 0.4) is 0 Å². The van der Waals surface area contributed by atoms with Gasteiger partial charge in [0.1, 0.15) is 0 Å². The number of hydrogen-bond acceptors (Lipinski definition) is 4. The summed E-state index contributed by atoms with van der Waals surface area (Å²) >= 11 is 1.48. The molecular formula is C15H19N3O2S. The molecule has 0 saturated carbocycles. The van der Waals surface area contributed by atoms with Crippen LogP contribution >= 0.6 is 11.8 Å². The van der Waals surface area contributed by atoms with E-state index >= 15 is 0 Å². The molecule has 0 spiro atoms. The predicted molar refractivity (Wildman–Crippen MR) is 83.4 cm³/mol. The van der Waals surface area contributed by atoms with Crippen LogP contribution in [0.5, 0.6) is 0 Å². The van der Waals surface area contributed by atoms with E-state index in [2.05, 4.69) is 10.6 Å². The molecule has 6 heteroatoms. The van der Waals surface area contributed by atoms with E-state index in [9.17, 15) is 9.59 Å². The molecule has 1 fully saturated rings. The van der Waals surface area contributed by atoms with Crippen molar-refractivity contribution in [1.82, 2.24) is 10.2 Å². The van der Waals surface area contributed by atoms with Gasteiger partial charge in [-0.15, -0.1) is 11.8 Å². The Morgan fingerprint density at radius 2 is 2.24 bits per heavy atom. The zero-order chi connectivity index (χ0) is 14.8. The monoisotopic (exact) mass is 305 g/mol. The number of carbonyl (C=O) groups is 2. The van der Waals surface area contributed by atoms with Crippen molar-refractivity contribution >= 4 is 29.3 Å². The first-order valence-corrected chi connectivity index (χ1v) is 8.10. The van der Waals surface area contributed by atoms with Gasteiger partial charge in [0.25, 0.3) is 0 Å². The molecule has 1 unspecified atom stereocenters. The first-order valence-electron chi connectivity index (χ1n) is 7.22. The average Bonchev–Trinajstić information content (AvgIpc) is 2.48. The van der Waals surface area contributed by atoms with Gasteiger partial charge in [-0.1, -0.05) is 12.1 Å². The van der Waals surface area contributed by atoms with E-state index in [0.717, 1.165) is 30.2 Å². The van der Waals surface area contributed by atoms with Gasteiger partial charge >= 0.3 is 0 Å². The number of nitrogens with one attached hydrogen (secondary N) is 2. The first kappa shape index (κ1) is 14.4. The van der Waals surface area contributed by atoms with Gasteiger partial charge in [-0.2, -0.15) is 0 Å². The minimum Gasteiger partial charge on any atom is -0.337 e. The maximum Gasteiger partial charge on any atom is 0.238 e. The van der Waals surface area contributed by atoms with E-state index in [4.69, 9.17) is 0 Å². The molecule has 2 aliphatic rings. The fourth-order valence-electron chi connectivity index (χ4n) is 2.71. The van der Waals surface area contributed by atoms with Crippen LogP contribution in [0, 0.1) is 0 Å². The topological polar surface area (TPSA) is 61.4 Å². The molecule has 5 nitrogen and oxygen atoms in total. The molecule has 1 saturated heterocycles. The van der Waals surface area contributed by atoms with E-state index in [0.29, 0.717) is 0 Å². The third kappa shape index (κ3) is 3.06. The van der Waals surface area contributed by atoms with E-state index < -0.39 is 0 Å². The molecule has 2 heterocycles. The summed E-state index contributed by atoms with van der Waals surface area (Å²) in [7, 11) is 0. The highest BCUT2D eigenvalue weighted by atomic mass is 32.2. The third-order valence-corrected chi connectivity index (χ3v) is 5.16. The number of carbonyl (C=O) groups excluding carboxylic acids is 2. The fraction of sp³-hybridized carbons (Fsp3) is 0.467. The summed E-state index contributed by atoms with van der Waals surface area (Å²) in [6, 6.07) is 7.89. The van der Waals surface area contributed by atoms with Crippen molar-refractivity contribution in [2.75, 3.05) is 25.0 Å². The molecular weight excluding hydrogens is 286 g/mol. The van der Waals surface area contributed by atoms with Crippen LogP contribution in [0.25, 0.3) is 0 Å². The molecule has 1 aromatic rings. The van der Waals surface area contributed by atoms with Crippen molar-refractivity contribution in [2.24, 2.45) is 0 Å². The molecule has 1 aromatic carbocycles. The van der Waals surface area contributed by atoms with Crippen molar-refractivity contribution < 1.29 is 9.59 Å². The number of rotatable bonds is 2. The highest BCUT2D eigenvalue weighted by Crippen LogP contribution is 2.36. The lowest BCUT2D eigenvalue weighted by atomic mass is 10.1. The molecule has 0 bridgehead atoms. The Bertz CT molecular complexity index is 564. The third-order valence-electron chi connectivity index (χ3n) is 3.89. The zero-order valence-electron chi connectivity index (χ0n) is 12.0. The Balaban J connectivity index is 1.68. The summed E-state index contributed by atoms with van der Waals surface area (Å²) in [5.74, 6) is -0.00845. The summed E-state index contributed by atoms with van der Waals surface area (Å²) in [6.07, 6.45) is 0.259. The number of benzene rings is 1. The highest BCUT2D eigenvalue weighted by Gasteiger charge is 2.32. The van der Waals surface area contributed by atoms with Crippen LogP contribution in [-0.2, 0) is 9.59 Å². The Hall–Kier alpha value is -1.53. The quantitative estimate of drug-likeness (QED) is 0.865. The normalized spacial score (nSPS) is 25.2. The van der Waals surface area contributed by atoms with E-state index in [-0.39, 0.29) is 29.5 Å². The molecule has 2 N–H and O–H groups in total. The predicted octanol–water partition coefficient (Wildman–Crippen LogP) is 1.31. The van der Waals surface area contributed by atoms with E-state index in [1.54, 1.807) is 0 Å². The lowest BCUT2D eigenvalue weighted by Gasteiger charge is -2.35. The SMILES string of the molecule is C[C@H]1CNCCN1C(=O)CC1Sc2ccccc2NC1=O. The maximum atomic E-state index is 12.4. The van der Waals surface area contributed by atoms with E-state index in [1.807, 2.05) is 36.1 Å². The van der Waals surface area contributed by atoms with Gasteiger partial charge in [0.15, 0.2) is 0 Å². The minimum atomic E-state index is -0.338. The summed E-state index contributed by atoms with van der Waals surface area (Å²) in [5, 5.41) is 5.81. The van der Waals surface area contributed by atoms with Gasteiger partial charge in [-0.25, -0.2) is 0 Å². The standard InChI is InChI=1S/C15H19N3O2S/c1-10-9-16-6-7-18(10)14(19)8-13-15(20)17-11-4-2-3-5-12(11)21-13/h2-5,10,13,16H,6-9H2,1H3,(H,17,20)/t10-,13?/m0/s1. The second-order valence-electron chi connectivity index (χ2n) is 5.44. The van der Waals surface area contributed by atoms with Crippen molar-refractivity contribution in [3.05, 3.63) is 24.3 Å². The Morgan fingerprint density at radius 1 is 1.43 bits per heavy atom. The number of nitrogens with zero attached hydrogens (tertiary/aromatic N) is 1. The van der Waals surface area contributed by atoms with Crippen molar-refractivity contribution in [3.63, 3.8) is 0 Å². The second kappa shape index (κ2) is 6.07. The smallest absolute Gasteiger partial charge is 0.238 e. The minimum absolute atomic E-state index is 0.0658. The summed E-state index contributed by atoms with van der Waals surface area (Å²) in [6.45, 7) is 4.39. The zero-order valence-corrected chi connectivity index (χ0v) is 12.8. The maximum absolute atomic E-state index is 12.4. The number of thioether (sulfide) groups is 1. The lowest BCUT2D eigenvalue weighted by Crippen LogP contribution is -2.53. The van der Waals surface area contributed by atoms with Crippen molar-refractivity contribution in [3.8, 4) is 0 Å². The highest BCUT2D eigenvalue weighted by molar-refractivity contribution is 8.01. The molecule has 2 amide bonds. The molecule has 3 rings (SSSR count). The number of fused-ring (bicyclic) bond motifs is 1. The Labute approximate surface area is 128 Å². The fourth-order valence-corrected chi connectivity index (χ4v) is 3.82. The number of para-hydroxylation sites is 1. The Kier molecular flexibility index (Phi) is 4.17. The van der Waals surface area contributed by atoms with Crippen LogP contribution in [-0.4, -0.2) is 47.6 Å². The van der Waals surface area contributed by atoms with Gasteiger partial charge in [0, 0.05) is 37.0 Å². The number of hydrogen-bond donors (Lipinski definition) is 2. The molecule has 0 radical (unpaired) electrons. The van der Waals surface area contributed by atoms with Gasteiger partial charge in [-0.05, 0) is 19.1 Å². The number of piperazine rings is 1. The average molecular weight is 305 g/mol. The van der Waals surface area contributed by atoms with Crippen molar-refractivity contribution in [1.29, 1.82) is 0 Å². The largest absolute Gasteiger partial charge is 0.337 e. The van der Waals surface area contributed by atoms with Crippen LogP contribution in [0.4, 0.5) is 5.69 Å². The lowest BCUT2D eigenvalue weighted by molar-refractivity contribution is -0.135. The van der Waals surface area contributed by atoms with Crippen LogP contribution in [0.1, 0.15) is 13.3 Å². The van der Waals surface area contributed by atoms with Crippen LogP contribution < -0.4 is 10.6 Å². The van der Waals surface area contributed by atoms with Crippen LogP contribution in [0.15, 0.2) is 29.2 Å². The first-order chi connectivity index (χ1) is 10.1. The van der Waals surface area contributed by atoms with Crippen molar-refractivity contribution in [2.45, 2.75) is 29.5 Å². The second-order valence-corrected chi connectivity index (χ2v) is 6.68.